The van der Waals surface area contributed by atoms with Crippen molar-refractivity contribution < 1.29 is 9.59 Å². The SMILES string of the molecule is CC(C)C1CC(C(=O)NC(Cc2ccccc2)C(=O)NC2CC2)NN1. The molecule has 2 fully saturated rings. The van der Waals surface area contributed by atoms with Crippen LogP contribution in [0.3, 0.4) is 0 Å². The molecule has 1 heterocycles. The summed E-state index contributed by atoms with van der Waals surface area (Å²) in [4.78, 5) is 25.2. The predicted molar refractivity (Wildman–Crippen MR) is 96.5 cm³/mol. The molecule has 0 bridgehead atoms. The van der Waals surface area contributed by atoms with E-state index in [0.29, 0.717) is 12.3 Å². The Bertz CT molecular complexity index is 601. The van der Waals surface area contributed by atoms with Gasteiger partial charge in [-0.2, -0.15) is 0 Å². The zero-order valence-corrected chi connectivity index (χ0v) is 14.9. The van der Waals surface area contributed by atoms with Gasteiger partial charge in [0, 0.05) is 18.5 Å². The first kappa shape index (κ1) is 17.9. The van der Waals surface area contributed by atoms with E-state index >= 15 is 0 Å². The fraction of sp³-hybridized carbons (Fsp3) is 0.579. The average Bonchev–Trinajstić information content (AvgIpc) is 3.26. The van der Waals surface area contributed by atoms with Crippen LogP contribution in [0.15, 0.2) is 30.3 Å². The van der Waals surface area contributed by atoms with Crippen LogP contribution in [0, 0.1) is 5.92 Å². The van der Waals surface area contributed by atoms with E-state index in [2.05, 4.69) is 35.3 Å². The molecule has 0 radical (unpaired) electrons. The number of carbonyl (C=O) groups is 2. The Morgan fingerprint density at radius 1 is 1.16 bits per heavy atom. The third kappa shape index (κ3) is 5.03. The summed E-state index contributed by atoms with van der Waals surface area (Å²) in [6, 6.07) is 9.49. The highest BCUT2D eigenvalue weighted by Crippen LogP contribution is 2.19. The molecule has 25 heavy (non-hydrogen) atoms. The first-order chi connectivity index (χ1) is 12.0. The summed E-state index contributed by atoms with van der Waals surface area (Å²) >= 11 is 0. The van der Waals surface area contributed by atoms with Gasteiger partial charge >= 0.3 is 0 Å². The van der Waals surface area contributed by atoms with Gasteiger partial charge in [0.1, 0.15) is 12.1 Å². The minimum absolute atomic E-state index is 0.0916. The number of hydrogen-bond donors (Lipinski definition) is 4. The van der Waals surface area contributed by atoms with Crippen LogP contribution in [-0.4, -0.2) is 36.0 Å². The predicted octanol–water partition coefficient (Wildman–Crippen LogP) is 0.884. The molecular weight excluding hydrogens is 316 g/mol. The van der Waals surface area contributed by atoms with Crippen molar-refractivity contribution in [1.29, 1.82) is 0 Å². The summed E-state index contributed by atoms with van der Waals surface area (Å²) in [5.74, 6) is 0.233. The van der Waals surface area contributed by atoms with Crippen molar-refractivity contribution in [1.82, 2.24) is 21.5 Å². The van der Waals surface area contributed by atoms with Crippen LogP contribution in [0.2, 0.25) is 0 Å². The largest absolute Gasteiger partial charge is 0.352 e. The Balaban J connectivity index is 1.62. The number of nitrogens with one attached hydrogen (secondary N) is 4. The van der Waals surface area contributed by atoms with Gasteiger partial charge in [-0.15, -0.1) is 0 Å². The van der Waals surface area contributed by atoms with Gasteiger partial charge < -0.3 is 10.6 Å². The van der Waals surface area contributed by atoms with Gasteiger partial charge in [0.2, 0.25) is 11.8 Å². The van der Waals surface area contributed by atoms with E-state index < -0.39 is 6.04 Å². The lowest BCUT2D eigenvalue weighted by atomic mass is 9.99. The van der Waals surface area contributed by atoms with Crippen LogP contribution >= 0.6 is 0 Å². The van der Waals surface area contributed by atoms with E-state index in [1.807, 2.05) is 30.3 Å². The lowest BCUT2D eigenvalue weighted by Gasteiger charge is -2.20. The van der Waals surface area contributed by atoms with E-state index in [0.717, 1.165) is 24.8 Å². The smallest absolute Gasteiger partial charge is 0.243 e. The van der Waals surface area contributed by atoms with Crippen LogP contribution in [0.5, 0.6) is 0 Å². The minimum atomic E-state index is -0.546. The van der Waals surface area contributed by atoms with E-state index in [1.54, 1.807) is 0 Å². The third-order valence-corrected chi connectivity index (χ3v) is 4.89. The molecule has 2 amide bonds. The Kier molecular flexibility index (Phi) is 5.71. The average molecular weight is 344 g/mol. The molecule has 3 atom stereocenters. The monoisotopic (exact) mass is 344 g/mol. The molecule has 6 nitrogen and oxygen atoms in total. The molecule has 136 valence electrons. The van der Waals surface area contributed by atoms with Gasteiger partial charge in [0.05, 0.1) is 0 Å². The summed E-state index contributed by atoms with van der Waals surface area (Å²) in [6.07, 6.45) is 3.29. The van der Waals surface area contributed by atoms with E-state index in [1.165, 1.54) is 0 Å². The molecule has 3 rings (SSSR count). The molecule has 2 aliphatic rings. The highest BCUT2D eigenvalue weighted by molar-refractivity contribution is 5.90. The normalized spacial score (nSPS) is 24.1. The number of hydrogen-bond acceptors (Lipinski definition) is 4. The highest BCUT2D eigenvalue weighted by atomic mass is 16.2. The van der Waals surface area contributed by atoms with Crippen molar-refractivity contribution in [3.63, 3.8) is 0 Å². The standard InChI is InChI=1S/C19H28N4O2/c1-12(2)15-11-17(23-22-15)19(25)21-16(18(24)20-14-8-9-14)10-13-6-4-3-5-7-13/h3-7,12,14-17,22-23H,8-11H2,1-2H3,(H,20,24)(H,21,25). The molecule has 0 aromatic heterocycles. The number of hydrazine groups is 1. The summed E-state index contributed by atoms with van der Waals surface area (Å²) in [5.41, 5.74) is 7.26. The van der Waals surface area contributed by atoms with Crippen molar-refractivity contribution in [2.45, 2.75) is 63.7 Å². The highest BCUT2D eigenvalue weighted by Gasteiger charge is 2.34. The van der Waals surface area contributed by atoms with Crippen LogP contribution in [0.25, 0.3) is 0 Å². The van der Waals surface area contributed by atoms with Gasteiger partial charge in [-0.3, -0.25) is 15.0 Å². The maximum Gasteiger partial charge on any atom is 0.243 e. The number of carbonyl (C=O) groups excluding carboxylic acids is 2. The second kappa shape index (κ2) is 7.97. The maximum absolute atomic E-state index is 12.6. The Hall–Kier alpha value is -1.92. The van der Waals surface area contributed by atoms with Crippen LogP contribution in [-0.2, 0) is 16.0 Å². The zero-order valence-electron chi connectivity index (χ0n) is 14.9. The topological polar surface area (TPSA) is 82.3 Å². The number of amides is 2. The van der Waals surface area contributed by atoms with Crippen molar-refractivity contribution in [2.24, 2.45) is 5.92 Å². The first-order valence-electron chi connectivity index (χ1n) is 9.18. The summed E-state index contributed by atoms with van der Waals surface area (Å²) in [6.45, 7) is 4.25. The van der Waals surface area contributed by atoms with Crippen molar-refractivity contribution >= 4 is 11.8 Å². The van der Waals surface area contributed by atoms with Gasteiger partial charge in [-0.25, -0.2) is 5.43 Å². The Morgan fingerprint density at radius 2 is 1.88 bits per heavy atom. The lowest BCUT2D eigenvalue weighted by Crippen LogP contribution is -2.53. The maximum atomic E-state index is 12.6. The fourth-order valence-corrected chi connectivity index (χ4v) is 3.05. The van der Waals surface area contributed by atoms with Gasteiger partial charge in [-0.05, 0) is 30.7 Å². The van der Waals surface area contributed by atoms with E-state index in [4.69, 9.17) is 0 Å². The third-order valence-electron chi connectivity index (χ3n) is 4.89. The molecule has 1 aromatic carbocycles. The fourth-order valence-electron chi connectivity index (χ4n) is 3.05. The van der Waals surface area contributed by atoms with Crippen LogP contribution < -0.4 is 21.5 Å². The quantitative estimate of drug-likeness (QED) is 0.592. The summed E-state index contributed by atoms with van der Waals surface area (Å²) < 4.78 is 0. The van der Waals surface area contributed by atoms with Gasteiger partial charge in [0.25, 0.3) is 0 Å². The van der Waals surface area contributed by atoms with Gasteiger partial charge in [-0.1, -0.05) is 44.2 Å². The van der Waals surface area contributed by atoms with Crippen LogP contribution in [0.1, 0.15) is 38.7 Å². The lowest BCUT2D eigenvalue weighted by molar-refractivity contribution is -0.130. The molecule has 1 aliphatic carbocycles. The van der Waals surface area contributed by atoms with Crippen LogP contribution in [0.4, 0.5) is 0 Å². The molecule has 1 saturated heterocycles. The molecule has 1 aromatic rings. The van der Waals surface area contributed by atoms with Crippen molar-refractivity contribution in [3.8, 4) is 0 Å². The summed E-state index contributed by atoms with van der Waals surface area (Å²) in [5, 5.41) is 5.95. The Labute approximate surface area is 149 Å². The summed E-state index contributed by atoms with van der Waals surface area (Å²) in [7, 11) is 0. The van der Waals surface area contributed by atoms with Crippen molar-refractivity contribution in [2.75, 3.05) is 0 Å². The van der Waals surface area contributed by atoms with Gasteiger partial charge in [0.15, 0.2) is 0 Å². The first-order valence-corrected chi connectivity index (χ1v) is 9.18. The number of rotatable bonds is 7. The number of benzene rings is 1. The van der Waals surface area contributed by atoms with E-state index in [-0.39, 0.29) is 29.9 Å². The Morgan fingerprint density at radius 3 is 2.48 bits per heavy atom. The molecule has 6 heteroatoms. The van der Waals surface area contributed by atoms with Crippen molar-refractivity contribution in [3.05, 3.63) is 35.9 Å². The molecular formula is C19H28N4O2. The second-order valence-corrected chi connectivity index (χ2v) is 7.46. The second-order valence-electron chi connectivity index (χ2n) is 7.46. The molecule has 4 N–H and O–H groups in total. The van der Waals surface area contributed by atoms with E-state index in [9.17, 15) is 9.59 Å². The molecule has 1 saturated carbocycles. The molecule has 1 aliphatic heterocycles. The molecule has 3 unspecified atom stereocenters. The zero-order chi connectivity index (χ0) is 17.8. The molecule has 0 spiro atoms. The minimum Gasteiger partial charge on any atom is -0.352 e.